The number of nitrogens with two attached hydrogens (primary N) is 1. The van der Waals surface area contributed by atoms with Gasteiger partial charge in [-0.25, -0.2) is 0 Å². The molecule has 0 aromatic carbocycles. The molecule has 0 heterocycles. The lowest BCUT2D eigenvalue weighted by Crippen LogP contribution is -2.46. The highest BCUT2D eigenvalue weighted by Crippen LogP contribution is 2.29. The maximum atomic E-state index is 12.4. The number of hydrogen-bond acceptors (Lipinski definition) is 2. The average molecular weight is 317 g/mol. The molecule has 3 N–H and O–H groups in total. The molecule has 0 radical (unpaired) electrons. The molecule has 21 heavy (non-hydrogen) atoms. The van der Waals surface area contributed by atoms with Gasteiger partial charge in [-0.3, -0.25) is 4.79 Å². The highest BCUT2D eigenvalue weighted by atomic mass is 35.5. The van der Waals surface area contributed by atoms with Gasteiger partial charge in [-0.2, -0.15) is 0 Å². The van der Waals surface area contributed by atoms with Gasteiger partial charge in [0.15, 0.2) is 0 Å². The number of carbonyl (C=O) groups is 1. The van der Waals surface area contributed by atoms with Crippen molar-refractivity contribution >= 4 is 18.3 Å². The van der Waals surface area contributed by atoms with Crippen molar-refractivity contribution in [2.75, 3.05) is 6.54 Å². The zero-order valence-electron chi connectivity index (χ0n) is 13.5. The molecule has 2 saturated carbocycles. The van der Waals surface area contributed by atoms with Crippen molar-refractivity contribution in [1.29, 1.82) is 0 Å². The zero-order valence-corrected chi connectivity index (χ0v) is 14.3. The van der Waals surface area contributed by atoms with Crippen molar-refractivity contribution in [3.05, 3.63) is 0 Å². The van der Waals surface area contributed by atoms with Crippen LogP contribution in [0.25, 0.3) is 0 Å². The Morgan fingerprint density at radius 3 is 2.38 bits per heavy atom. The second kappa shape index (κ2) is 9.68. The molecule has 0 aromatic heterocycles. The van der Waals surface area contributed by atoms with E-state index < -0.39 is 0 Å². The lowest BCUT2D eigenvalue weighted by atomic mass is 9.82. The topological polar surface area (TPSA) is 55.1 Å². The van der Waals surface area contributed by atoms with Gasteiger partial charge in [0.2, 0.25) is 5.91 Å². The van der Waals surface area contributed by atoms with E-state index in [0.29, 0.717) is 18.5 Å². The van der Waals surface area contributed by atoms with Gasteiger partial charge in [0.1, 0.15) is 0 Å². The second-order valence-corrected chi connectivity index (χ2v) is 7.04. The zero-order chi connectivity index (χ0) is 14.4. The fourth-order valence-electron chi connectivity index (χ4n) is 4.03. The van der Waals surface area contributed by atoms with Crippen molar-refractivity contribution < 1.29 is 4.79 Å². The van der Waals surface area contributed by atoms with E-state index in [4.69, 9.17) is 5.73 Å². The van der Waals surface area contributed by atoms with E-state index in [-0.39, 0.29) is 24.2 Å². The van der Waals surface area contributed by atoms with E-state index in [1.54, 1.807) is 0 Å². The summed E-state index contributed by atoms with van der Waals surface area (Å²) >= 11 is 0. The van der Waals surface area contributed by atoms with E-state index >= 15 is 0 Å². The summed E-state index contributed by atoms with van der Waals surface area (Å²) in [6.07, 6.45) is 12.6. The van der Waals surface area contributed by atoms with Crippen LogP contribution >= 0.6 is 12.4 Å². The quantitative estimate of drug-likeness (QED) is 0.813. The van der Waals surface area contributed by atoms with Gasteiger partial charge < -0.3 is 11.1 Å². The summed E-state index contributed by atoms with van der Waals surface area (Å²) in [7, 11) is 0. The van der Waals surface area contributed by atoms with Gasteiger partial charge >= 0.3 is 0 Å². The lowest BCUT2D eigenvalue weighted by molar-refractivity contribution is -0.126. The maximum absolute atomic E-state index is 12.4. The number of amides is 1. The van der Waals surface area contributed by atoms with Crippen molar-refractivity contribution in [3.8, 4) is 0 Å². The molecular weight excluding hydrogens is 284 g/mol. The number of rotatable bonds is 5. The Kier molecular flexibility index (Phi) is 8.65. The van der Waals surface area contributed by atoms with Gasteiger partial charge in [0.25, 0.3) is 0 Å². The summed E-state index contributed by atoms with van der Waals surface area (Å²) in [5, 5.41) is 3.29. The molecule has 0 bridgehead atoms. The third-order valence-electron chi connectivity index (χ3n) is 5.40. The van der Waals surface area contributed by atoms with E-state index in [1.165, 1.54) is 51.4 Å². The largest absolute Gasteiger partial charge is 0.353 e. The first-order chi connectivity index (χ1) is 9.70. The van der Waals surface area contributed by atoms with E-state index in [1.807, 2.05) is 0 Å². The van der Waals surface area contributed by atoms with Crippen molar-refractivity contribution in [2.24, 2.45) is 23.5 Å². The van der Waals surface area contributed by atoms with Crippen LogP contribution < -0.4 is 11.1 Å². The highest BCUT2D eigenvalue weighted by molar-refractivity contribution is 5.85. The average Bonchev–Trinajstić information content (AvgIpc) is 2.48. The number of hydrogen-bond donors (Lipinski definition) is 2. The minimum absolute atomic E-state index is 0. The van der Waals surface area contributed by atoms with Crippen LogP contribution in [0.15, 0.2) is 0 Å². The molecule has 0 spiro atoms. The first kappa shape index (κ1) is 18.8. The molecule has 2 rings (SSSR count). The molecule has 3 nitrogen and oxygen atoms in total. The van der Waals surface area contributed by atoms with Crippen LogP contribution in [0.1, 0.15) is 71.1 Å². The molecule has 0 aliphatic heterocycles. The Labute approximate surface area is 136 Å². The predicted molar refractivity (Wildman–Crippen MR) is 90.5 cm³/mol. The Morgan fingerprint density at radius 1 is 1.10 bits per heavy atom. The molecule has 0 saturated heterocycles. The van der Waals surface area contributed by atoms with Gasteiger partial charge in [0.05, 0.1) is 0 Å². The normalized spacial score (nSPS) is 28.5. The molecule has 0 aromatic rings. The maximum Gasteiger partial charge on any atom is 0.223 e. The highest BCUT2D eigenvalue weighted by Gasteiger charge is 2.28. The molecular formula is C17H33ClN2O. The van der Waals surface area contributed by atoms with Gasteiger partial charge in [-0.05, 0) is 37.6 Å². The number of nitrogens with one attached hydrogen (secondary N) is 1. The molecule has 2 fully saturated rings. The first-order valence-corrected chi connectivity index (χ1v) is 8.71. The predicted octanol–water partition coefficient (Wildman–Crippen LogP) is 3.65. The summed E-state index contributed by atoms with van der Waals surface area (Å²) in [5.74, 6) is 1.70. The Balaban J connectivity index is 0.00000220. The third kappa shape index (κ3) is 5.78. The van der Waals surface area contributed by atoms with Crippen LogP contribution in [-0.2, 0) is 4.79 Å². The molecule has 3 atom stereocenters. The number of carbonyl (C=O) groups excluding carboxylic acids is 1. The van der Waals surface area contributed by atoms with E-state index in [0.717, 1.165) is 18.8 Å². The minimum atomic E-state index is 0. The summed E-state index contributed by atoms with van der Waals surface area (Å²) in [4.78, 5) is 12.4. The van der Waals surface area contributed by atoms with Crippen LogP contribution in [0.3, 0.4) is 0 Å². The number of halogens is 1. The van der Waals surface area contributed by atoms with Gasteiger partial charge in [-0.1, -0.05) is 51.9 Å². The standard InChI is InChI=1S/C17H32N2O.ClH/c1-13(11-14-7-3-2-4-8-14)17(20)19-16-10-6-5-9-15(16)12-18;/h13-16H,2-12,18H2,1H3,(H,19,20);1H. The fraction of sp³-hybridized carbons (Fsp3) is 0.941. The Hall–Kier alpha value is -0.280. The SMILES string of the molecule is CC(CC1CCCCC1)C(=O)NC1CCCCC1CN.Cl. The van der Waals surface area contributed by atoms with Crippen LogP contribution in [0.5, 0.6) is 0 Å². The smallest absolute Gasteiger partial charge is 0.223 e. The van der Waals surface area contributed by atoms with Crippen LogP contribution in [0, 0.1) is 17.8 Å². The Morgan fingerprint density at radius 2 is 1.71 bits per heavy atom. The van der Waals surface area contributed by atoms with Crippen molar-refractivity contribution in [2.45, 2.75) is 77.2 Å². The van der Waals surface area contributed by atoms with Crippen molar-refractivity contribution in [3.63, 3.8) is 0 Å². The first-order valence-electron chi connectivity index (χ1n) is 8.71. The van der Waals surface area contributed by atoms with Crippen LogP contribution in [0.2, 0.25) is 0 Å². The van der Waals surface area contributed by atoms with Crippen LogP contribution in [-0.4, -0.2) is 18.5 Å². The summed E-state index contributed by atoms with van der Waals surface area (Å²) in [6.45, 7) is 2.81. The van der Waals surface area contributed by atoms with E-state index in [9.17, 15) is 4.79 Å². The minimum Gasteiger partial charge on any atom is -0.353 e. The van der Waals surface area contributed by atoms with Crippen LogP contribution in [0.4, 0.5) is 0 Å². The lowest BCUT2D eigenvalue weighted by Gasteiger charge is -2.32. The van der Waals surface area contributed by atoms with Crippen molar-refractivity contribution in [1.82, 2.24) is 5.32 Å². The molecule has 3 unspecified atom stereocenters. The molecule has 2 aliphatic carbocycles. The third-order valence-corrected chi connectivity index (χ3v) is 5.40. The molecule has 1 amide bonds. The summed E-state index contributed by atoms with van der Waals surface area (Å²) in [5.41, 5.74) is 5.84. The van der Waals surface area contributed by atoms with E-state index in [2.05, 4.69) is 12.2 Å². The molecule has 4 heteroatoms. The molecule has 2 aliphatic rings. The van der Waals surface area contributed by atoms with Gasteiger partial charge in [0, 0.05) is 12.0 Å². The fourth-order valence-corrected chi connectivity index (χ4v) is 4.03. The van der Waals surface area contributed by atoms with Gasteiger partial charge in [-0.15, -0.1) is 12.4 Å². The monoisotopic (exact) mass is 316 g/mol. The second-order valence-electron chi connectivity index (χ2n) is 7.04. The molecule has 124 valence electrons. The summed E-state index contributed by atoms with van der Waals surface area (Å²) in [6, 6.07) is 0.329. The summed E-state index contributed by atoms with van der Waals surface area (Å²) < 4.78 is 0. The Bertz CT molecular complexity index is 305.